The Balaban J connectivity index is 2.18. The van der Waals surface area contributed by atoms with Gasteiger partial charge < -0.3 is 9.47 Å². The molecule has 0 spiro atoms. The van der Waals surface area contributed by atoms with Gasteiger partial charge in [-0.15, -0.1) is 0 Å². The van der Waals surface area contributed by atoms with Crippen LogP contribution in [0.25, 0.3) is 10.8 Å². The second-order valence-corrected chi connectivity index (χ2v) is 3.48. The van der Waals surface area contributed by atoms with Crippen molar-refractivity contribution < 1.29 is 14.3 Å². The molecule has 0 heterocycles. The Labute approximate surface area is 99.3 Å². The van der Waals surface area contributed by atoms with Crippen LogP contribution in [0.5, 0.6) is 5.75 Å². The number of hydrogen-bond acceptors (Lipinski definition) is 3. The molecule has 2 aromatic rings. The van der Waals surface area contributed by atoms with E-state index in [0.29, 0.717) is 0 Å². The molecule has 0 fully saturated rings. The van der Waals surface area contributed by atoms with Gasteiger partial charge in [-0.1, -0.05) is 36.4 Å². The second-order valence-electron chi connectivity index (χ2n) is 3.48. The number of ether oxygens (including phenoxy) is 2. The van der Waals surface area contributed by atoms with E-state index in [0.717, 1.165) is 16.5 Å². The number of esters is 1. The van der Waals surface area contributed by atoms with Crippen LogP contribution in [0.15, 0.2) is 55.0 Å². The van der Waals surface area contributed by atoms with Crippen LogP contribution < -0.4 is 4.74 Å². The number of carbonyl (C=O) groups excluding carboxylic acids is 1. The Kier molecular flexibility index (Phi) is 3.40. The Hall–Kier alpha value is -2.29. The van der Waals surface area contributed by atoms with Gasteiger partial charge in [0.25, 0.3) is 0 Å². The van der Waals surface area contributed by atoms with Crippen molar-refractivity contribution in [3.63, 3.8) is 0 Å². The largest absolute Gasteiger partial charge is 0.461 e. The average molecular weight is 228 g/mol. The van der Waals surface area contributed by atoms with Crippen molar-refractivity contribution in [3.8, 4) is 5.75 Å². The first-order valence-electron chi connectivity index (χ1n) is 5.24. The molecular formula is C14H12O3. The predicted molar refractivity (Wildman–Crippen MR) is 65.5 cm³/mol. The molecule has 0 saturated carbocycles. The van der Waals surface area contributed by atoms with E-state index in [9.17, 15) is 4.79 Å². The van der Waals surface area contributed by atoms with Crippen LogP contribution in [0.3, 0.4) is 0 Å². The van der Waals surface area contributed by atoms with Crippen molar-refractivity contribution in [2.75, 3.05) is 0 Å². The molecule has 2 rings (SSSR count). The van der Waals surface area contributed by atoms with Crippen molar-refractivity contribution in [3.05, 3.63) is 55.0 Å². The molecule has 0 bridgehead atoms. The number of fused-ring (bicyclic) bond motifs is 1. The van der Waals surface area contributed by atoms with Gasteiger partial charge in [0.15, 0.2) is 0 Å². The lowest BCUT2D eigenvalue weighted by Gasteiger charge is -2.04. The molecule has 86 valence electrons. The monoisotopic (exact) mass is 228 g/mol. The smallest absolute Gasteiger partial charge is 0.307 e. The zero-order chi connectivity index (χ0) is 12.1. The Morgan fingerprint density at radius 1 is 1.06 bits per heavy atom. The van der Waals surface area contributed by atoms with E-state index >= 15 is 0 Å². The zero-order valence-electron chi connectivity index (χ0n) is 9.42. The summed E-state index contributed by atoms with van der Waals surface area (Å²) in [6.45, 7) is 1.34. The standard InChI is InChI=1S/C14H12O3/c1-11(15)16-9-10-17-14-8-4-6-12-5-2-3-7-13(12)14/h2-10H,1H3. The molecule has 0 unspecified atom stereocenters. The lowest BCUT2D eigenvalue weighted by molar-refractivity contribution is -0.135. The maximum Gasteiger partial charge on any atom is 0.307 e. The first-order valence-corrected chi connectivity index (χ1v) is 5.24. The van der Waals surface area contributed by atoms with Gasteiger partial charge in [-0.2, -0.15) is 0 Å². The molecule has 0 N–H and O–H groups in total. The topological polar surface area (TPSA) is 35.5 Å². The van der Waals surface area contributed by atoms with E-state index < -0.39 is 0 Å². The summed E-state index contributed by atoms with van der Waals surface area (Å²) in [5.74, 6) is 0.356. The average Bonchev–Trinajstić information content (AvgIpc) is 2.34. The molecule has 0 aliphatic carbocycles. The maximum absolute atomic E-state index is 10.5. The number of hydrogen-bond donors (Lipinski definition) is 0. The summed E-state index contributed by atoms with van der Waals surface area (Å²) >= 11 is 0. The first-order chi connectivity index (χ1) is 8.27. The minimum atomic E-state index is -0.372. The molecular weight excluding hydrogens is 216 g/mol. The number of benzene rings is 2. The summed E-state index contributed by atoms with van der Waals surface area (Å²) in [4.78, 5) is 10.5. The molecule has 0 aliphatic heterocycles. The highest BCUT2D eigenvalue weighted by Gasteiger charge is 1.98. The minimum Gasteiger partial charge on any atom is -0.461 e. The first kappa shape index (κ1) is 11.2. The molecule has 0 aromatic heterocycles. The van der Waals surface area contributed by atoms with Crippen molar-refractivity contribution in [1.29, 1.82) is 0 Å². The molecule has 3 heteroatoms. The SMILES string of the molecule is CC(=O)OC=COc1cccc2ccccc12. The van der Waals surface area contributed by atoms with Crippen LogP contribution >= 0.6 is 0 Å². The molecule has 17 heavy (non-hydrogen) atoms. The van der Waals surface area contributed by atoms with E-state index in [-0.39, 0.29) is 5.97 Å². The summed E-state index contributed by atoms with van der Waals surface area (Å²) in [6.07, 6.45) is 2.58. The molecule has 0 aliphatic rings. The second kappa shape index (κ2) is 5.16. The molecule has 0 amide bonds. The molecule has 0 saturated heterocycles. The van der Waals surface area contributed by atoms with Gasteiger partial charge in [0.05, 0.1) is 0 Å². The fraction of sp³-hybridized carbons (Fsp3) is 0.0714. The van der Waals surface area contributed by atoms with E-state index in [4.69, 9.17) is 4.74 Å². The van der Waals surface area contributed by atoms with Crippen LogP contribution in [0.1, 0.15) is 6.92 Å². The predicted octanol–water partition coefficient (Wildman–Crippen LogP) is 3.25. The van der Waals surface area contributed by atoms with Crippen molar-refractivity contribution in [2.45, 2.75) is 6.92 Å². The van der Waals surface area contributed by atoms with Crippen LogP contribution in [0, 0.1) is 0 Å². The number of carbonyl (C=O) groups is 1. The lowest BCUT2D eigenvalue weighted by atomic mass is 10.1. The van der Waals surface area contributed by atoms with Crippen LogP contribution in [-0.2, 0) is 9.53 Å². The Morgan fingerprint density at radius 3 is 2.65 bits per heavy atom. The summed E-state index contributed by atoms with van der Waals surface area (Å²) in [7, 11) is 0. The van der Waals surface area contributed by atoms with Gasteiger partial charge in [0.1, 0.15) is 18.3 Å². The third-order valence-electron chi connectivity index (χ3n) is 2.23. The van der Waals surface area contributed by atoms with Gasteiger partial charge in [-0.3, -0.25) is 4.79 Å². The van der Waals surface area contributed by atoms with Gasteiger partial charge in [-0.05, 0) is 11.5 Å². The highest BCUT2D eigenvalue weighted by molar-refractivity contribution is 5.88. The number of rotatable bonds is 3. The third-order valence-corrected chi connectivity index (χ3v) is 2.23. The fourth-order valence-electron chi connectivity index (χ4n) is 1.52. The normalized spacial score (nSPS) is 10.6. The zero-order valence-corrected chi connectivity index (χ0v) is 9.42. The van der Waals surface area contributed by atoms with Crippen molar-refractivity contribution in [2.24, 2.45) is 0 Å². The van der Waals surface area contributed by atoms with Gasteiger partial charge in [0.2, 0.25) is 0 Å². The van der Waals surface area contributed by atoms with E-state index in [1.54, 1.807) is 0 Å². The summed E-state index contributed by atoms with van der Waals surface area (Å²) in [5.41, 5.74) is 0. The van der Waals surface area contributed by atoms with Crippen LogP contribution in [0.4, 0.5) is 0 Å². The molecule has 0 atom stereocenters. The molecule has 0 radical (unpaired) electrons. The van der Waals surface area contributed by atoms with Crippen LogP contribution in [0.2, 0.25) is 0 Å². The molecule has 2 aromatic carbocycles. The summed E-state index contributed by atoms with van der Waals surface area (Å²) < 4.78 is 10.0. The van der Waals surface area contributed by atoms with E-state index in [2.05, 4.69) is 4.74 Å². The van der Waals surface area contributed by atoms with Gasteiger partial charge >= 0.3 is 5.97 Å². The quantitative estimate of drug-likeness (QED) is 0.597. The Bertz CT molecular complexity index is 553. The summed E-state index contributed by atoms with van der Waals surface area (Å²) in [6, 6.07) is 13.7. The summed E-state index contributed by atoms with van der Waals surface area (Å²) in [5, 5.41) is 2.12. The minimum absolute atomic E-state index is 0.372. The van der Waals surface area contributed by atoms with Crippen molar-refractivity contribution in [1.82, 2.24) is 0 Å². The van der Waals surface area contributed by atoms with Crippen molar-refractivity contribution >= 4 is 16.7 Å². The van der Waals surface area contributed by atoms with Gasteiger partial charge in [0, 0.05) is 12.3 Å². The van der Waals surface area contributed by atoms with E-state index in [1.807, 2.05) is 42.5 Å². The molecule has 3 nitrogen and oxygen atoms in total. The van der Waals surface area contributed by atoms with E-state index in [1.165, 1.54) is 19.4 Å². The lowest BCUT2D eigenvalue weighted by Crippen LogP contribution is -1.91. The Morgan fingerprint density at radius 2 is 1.82 bits per heavy atom. The highest BCUT2D eigenvalue weighted by Crippen LogP contribution is 2.25. The fourth-order valence-corrected chi connectivity index (χ4v) is 1.52. The van der Waals surface area contributed by atoms with Gasteiger partial charge in [-0.25, -0.2) is 0 Å². The van der Waals surface area contributed by atoms with Crippen LogP contribution in [-0.4, -0.2) is 5.97 Å². The highest BCUT2D eigenvalue weighted by atomic mass is 16.5. The third kappa shape index (κ3) is 2.84. The maximum atomic E-state index is 10.5.